The van der Waals surface area contributed by atoms with Gasteiger partial charge in [0.2, 0.25) is 11.9 Å². The van der Waals surface area contributed by atoms with Crippen molar-refractivity contribution in [2.45, 2.75) is 13.0 Å². The third-order valence-corrected chi connectivity index (χ3v) is 5.77. The van der Waals surface area contributed by atoms with Crippen molar-refractivity contribution in [3.8, 4) is 29.2 Å². The molecule has 184 valence electrons. The monoisotopic (exact) mass is 483 g/mol. The van der Waals surface area contributed by atoms with E-state index in [4.69, 9.17) is 11.2 Å². The molecule has 1 atom stereocenters. The molecule has 0 aliphatic rings. The molecule has 2 heterocycles. The molecular weight excluding hydrogens is 454 g/mol. The van der Waals surface area contributed by atoms with Crippen molar-refractivity contribution >= 4 is 28.4 Å². The second-order valence-corrected chi connectivity index (χ2v) is 8.66. The SMILES string of the molecule is C#Cc1ccc2nc(Nc3cc(OCCNC(=O)C(C)N(C)C)cc(-c4cnn(C)c4)c3)ncc2c1. The topological polar surface area (TPSA) is 97.2 Å². The summed E-state index contributed by atoms with van der Waals surface area (Å²) in [5, 5.41) is 11.3. The summed E-state index contributed by atoms with van der Waals surface area (Å²) in [4.78, 5) is 23.1. The van der Waals surface area contributed by atoms with E-state index in [1.165, 1.54) is 0 Å². The number of ether oxygens (including phenoxy) is 1. The van der Waals surface area contributed by atoms with Crippen molar-refractivity contribution in [1.29, 1.82) is 0 Å². The molecule has 0 aliphatic heterocycles. The van der Waals surface area contributed by atoms with Crippen LogP contribution >= 0.6 is 0 Å². The molecule has 0 radical (unpaired) electrons. The maximum atomic E-state index is 12.2. The fourth-order valence-electron chi connectivity index (χ4n) is 3.53. The first-order valence-electron chi connectivity index (χ1n) is 11.5. The van der Waals surface area contributed by atoms with Crippen LogP contribution in [0.5, 0.6) is 5.75 Å². The maximum Gasteiger partial charge on any atom is 0.237 e. The Balaban J connectivity index is 1.53. The number of hydrogen-bond acceptors (Lipinski definition) is 7. The van der Waals surface area contributed by atoms with Gasteiger partial charge in [-0.2, -0.15) is 5.10 Å². The Morgan fingerprint density at radius 3 is 2.75 bits per heavy atom. The Bertz CT molecular complexity index is 1420. The number of nitrogens with one attached hydrogen (secondary N) is 2. The Kier molecular flexibility index (Phi) is 7.47. The van der Waals surface area contributed by atoms with Gasteiger partial charge in [-0.25, -0.2) is 9.97 Å². The highest BCUT2D eigenvalue weighted by molar-refractivity contribution is 5.81. The molecule has 2 aromatic heterocycles. The zero-order chi connectivity index (χ0) is 25.7. The number of carbonyl (C=O) groups excluding carboxylic acids is 1. The van der Waals surface area contributed by atoms with Gasteiger partial charge in [-0.1, -0.05) is 5.92 Å². The van der Waals surface area contributed by atoms with Gasteiger partial charge >= 0.3 is 0 Å². The van der Waals surface area contributed by atoms with Crippen LogP contribution in [0.2, 0.25) is 0 Å². The first kappa shape index (κ1) is 24.7. The average molecular weight is 484 g/mol. The van der Waals surface area contributed by atoms with Crippen LogP contribution in [0.25, 0.3) is 22.0 Å². The number of terminal acetylenes is 1. The van der Waals surface area contributed by atoms with E-state index in [1.54, 1.807) is 17.1 Å². The minimum absolute atomic E-state index is 0.0436. The predicted molar refractivity (Wildman–Crippen MR) is 141 cm³/mol. The van der Waals surface area contributed by atoms with E-state index < -0.39 is 0 Å². The molecule has 0 saturated heterocycles. The van der Waals surface area contributed by atoms with E-state index in [0.717, 1.165) is 33.3 Å². The number of carbonyl (C=O) groups is 1. The molecule has 1 amide bonds. The lowest BCUT2D eigenvalue weighted by atomic mass is 10.1. The van der Waals surface area contributed by atoms with Crippen LogP contribution in [0, 0.1) is 12.3 Å². The second-order valence-electron chi connectivity index (χ2n) is 8.66. The molecule has 0 saturated carbocycles. The lowest BCUT2D eigenvalue weighted by Crippen LogP contribution is -2.42. The van der Waals surface area contributed by atoms with Crippen LogP contribution in [-0.4, -0.2) is 63.8 Å². The quantitative estimate of drug-likeness (QED) is 0.279. The second kappa shape index (κ2) is 10.9. The summed E-state index contributed by atoms with van der Waals surface area (Å²) in [6.07, 6.45) is 11.0. The van der Waals surface area contributed by atoms with Crippen molar-refractivity contribution in [2.24, 2.45) is 7.05 Å². The molecule has 0 aliphatic carbocycles. The molecule has 0 bridgehead atoms. The summed E-state index contributed by atoms with van der Waals surface area (Å²) in [6, 6.07) is 11.2. The zero-order valence-electron chi connectivity index (χ0n) is 20.8. The highest BCUT2D eigenvalue weighted by atomic mass is 16.5. The molecule has 4 aromatic rings. The van der Waals surface area contributed by atoms with Crippen LogP contribution < -0.4 is 15.4 Å². The van der Waals surface area contributed by atoms with Crippen LogP contribution in [0.4, 0.5) is 11.6 Å². The van der Waals surface area contributed by atoms with Gasteiger partial charge in [-0.15, -0.1) is 6.42 Å². The third-order valence-electron chi connectivity index (χ3n) is 5.77. The normalized spacial score (nSPS) is 11.8. The molecule has 1 unspecified atom stereocenters. The van der Waals surface area contributed by atoms with Crippen LogP contribution in [-0.2, 0) is 11.8 Å². The van der Waals surface area contributed by atoms with E-state index in [0.29, 0.717) is 24.8 Å². The van der Waals surface area contributed by atoms with Crippen molar-refractivity contribution in [1.82, 2.24) is 30.0 Å². The molecule has 9 nitrogen and oxygen atoms in total. The van der Waals surface area contributed by atoms with Crippen LogP contribution in [0.3, 0.4) is 0 Å². The Labute approximate surface area is 210 Å². The fraction of sp³-hybridized carbons (Fsp3) is 0.259. The predicted octanol–water partition coefficient (Wildman–Crippen LogP) is 3.20. The van der Waals surface area contributed by atoms with Gasteiger partial charge in [0.05, 0.1) is 24.3 Å². The van der Waals surface area contributed by atoms with E-state index in [2.05, 4.69) is 31.6 Å². The van der Waals surface area contributed by atoms with Gasteiger partial charge in [-0.05, 0) is 56.9 Å². The number of nitrogens with zero attached hydrogens (tertiary/aromatic N) is 5. The van der Waals surface area contributed by atoms with E-state index in [9.17, 15) is 4.79 Å². The Morgan fingerprint density at radius 2 is 2.03 bits per heavy atom. The zero-order valence-corrected chi connectivity index (χ0v) is 20.8. The largest absolute Gasteiger partial charge is 0.492 e. The van der Waals surface area contributed by atoms with Gasteiger partial charge in [0.15, 0.2) is 0 Å². The molecule has 9 heteroatoms. The van der Waals surface area contributed by atoms with Gasteiger partial charge in [0, 0.05) is 47.7 Å². The van der Waals surface area contributed by atoms with E-state index in [-0.39, 0.29) is 11.9 Å². The highest BCUT2D eigenvalue weighted by Gasteiger charge is 2.14. The lowest BCUT2D eigenvalue weighted by molar-refractivity contribution is -0.125. The van der Waals surface area contributed by atoms with E-state index >= 15 is 0 Å². The number of fused-ring (bicyclic) bond motifs is 1. The molecule has 2 aromatic carbocycles. The summed E-state index contributed by atoms with van der Waals surface area (Å²) < 4.78 is 7.73. The van der Waals surface area contributed by atoms with Gasteiger partial charge < -0.3 is 15.4 Å². The minimum atomic E-state index is -0.213. The first-order chi connectivity index (χ1) is 17.3. The smallest absolute Gasteiger partial charge is 0.237 e. The molecule has 0 fully saturated rings. The van der Waals surface area contributed by atoms with E-state index in [1.807, 2.05) is 75.6 Å². The molecule has 2 N–H and O–H groups in total. The van der Waals surface area contributed by atoms with Gasteiger partial charge in [0.1, 0.15) is 12.4 Å². The third kappa shape index (κ3) is 5.98. The van der Waals surface area contributed by atoms with Crippen LogP contribution in [0.15, 0.2) is 55.0 Å². The summed E-state index contributed by atoms with van der Waals surface area (Å²) in [5.74, 6) is 3.68. The minimum Gasteiger partial charge on any atom is -0.492 e. The Morgan fingerprint density at radius 1 is 1.19 bits per heavy atom. The highest BCUT2D eigenvalue weighted by Crippen LogP contribution is 2.30. The number of rotatable bonds is 9. The number of anilines is 2. The fourth-order valence-corrected chi connectivity index (χ4v) is 3.53. The van der Waals surface area contributed by atoms with Gasteiger partial charge in [0.25, 0.3) is 0 Å². The number of benzene rings is 2. The van der Waals surface area contributed by atoms with Gasteiger partial charge in [-0.3, -0.25) is 14.4 Å². The standard InChI is InChI=1S/C27H29N7O2/c1-6-19-7-8-25-21(11-19)15-29-27(32-25)31-23-12-20(22-16-30-34(5)17-22)13-24(14-23)36-10-9-28-26(35)18(2)33(3)4/h1,7-8,11-18H,9-10H2,2-5H3,(H,28,35)(H,29,31,32). The summed E-state index contributed by atoms with van der Waals surface area (Å²) in [7, 11) is 5.61. The lowest BCUT2D eigenvalue weighted by Gasteiger charge is -2.19. The number of likely N-dealkylation sites (N-methyl/N-ethyl adjacent to an activating group) is 1. The summed E-state index contributed by atoms with van der Waals surface area (Å²) in [5.41, 5.74) is 4.20. The Hall–Kier alpha value is -4.42. The maximum absolute atomic E-state index is 12.2. The van der Waals surface area contributed by atoms with Crippen molar-refractivity contribution in [2.75, 3.05) is 32.6 Å². The molecule has 36 heavy (non-hydrogen) atoms. The molecular formula is C27H29N7O2. The number of hydrogen-bond donors (Lipinski definition) is 2. The van der Waals surface area contributed by atoms with Crippen molar-refractivity contribution < 1.29 is 9.53 Å². The van der Waals surface area contributed by atoms with Crippen molar-refractivity contribution in [3.63, 3.8) is 0 Å². The molecule has 0 spiro atoms. The first-order valence-corrected chi connectivity index (χ1v) is 11.5. The number of aryl methyl sites for hydroxylation is 1. The number of amides is 1. The average Bonchev–Trinajstić information content (AvgIpc) is 3.31. The summed E-state index contributed by atoms with van der Waals surface area (Å²) in [6.45, 7) is 2.57. The van der Waals surface area contributed by atoms with Crippen LogP contribution in [0.1, 0.15) is 12.5 Å². The molecule has 4 rings (SSSR count). The summed E-state index contributed by atoms with van der Waals surface area (Å²) >= 11 is 0. The van der Waals surface area contributed by atoms with Crippen molar-refractivity contribution in [3.05, 3.63) is 60.6 Å². The number of aromatic nitrogens is 4.